The van der Waals surface area contributed by atoms with E-state index in [0.717, 1.165) is 43.1 Å². The monoisotopic (exact) mass is 392 g/mol. The van der Waals surface area contributed by atoms with E-state index in [1.165, 1.54) is 0 Å². The van der Waals surface area contributed by atoms with E-state index in [0.29, 0.717) is 17.0 Å². The van der Waals surface area contributed by atoms with Crippen LogP contribution in [0.3, 0.4) is 0 Å². The topological polar surface area (TPSA) is 78.3 Å². The molecule has 1 aromatic carbocycles. The quantitative estimate of drug-likeness (QED) is 0.701. The number of carbonyl (C=O) groups is 1. The molecule has 4 rings (SSSR count). The Morgan fingerprint density at radius 2 is 2.03 bits per heavy atom. The summed E-state index contributed by atoms with van der Waals surface area (Å²) in [6, 6.07) is 9.52. The van der Waals surface area contributed by atoms with Crippen LogP contribution in [-0.2, 0) is 4.74 Å². The summed E-state index contributed by atoms with van der Waals surface area (Å²) in [5.74, 6) is 1.23. The van der Waals surface area contributed by atoms with Crippen molar-refractivity contribution >= 4 is 11.6 Å². The van der Waals surface area contributed by atoms with Gasteiger partial charge in [0, 0.05) is 30.8 Å². The molecule has 0 saturated carbocycles. The molecule has 2 aromatic heterocycles. The first-order valence-corrected chi connectivity index (χ1v) is 9.73. The van der Waals surface area contributed by atoms with Crippen molar-refractivity contribution in [3.05, 3.63) is 65.7 Å². The van der Waals surface area contributed by atoms with Crippen molar-refractivity contribution in [1.29, 1.82) is 0 Å². The van der Waals surface area contributed by atoms with E-state index in [2.05, 4.69) is 15.4 Å². The van der Waals surface area contributed by atoms with Crippen molar-refractivity contribution in [2.24, 2.45) is 0 Å². The molecule has 7 heteroatoms. The Bertz CT molecular complexity index is 995. The molecular weight excluding hydrogens is 368 g/mol. The van der Waals surface area contributed by atoms with Gasteiger partial charge in [-0.2, -0.15) is 5.10 Å². The van der Waals surface area contributed by atoms with E-state index in [1.54, 1.807) is 18.6 Å². The molecule has 0 atom stereocenters. The summed E-state index contributed by atoms with van der Waals surface area (Å²) in [5, 5.41) is 7.42. The molecule has 3 heterocycles. The third-order valence-electron chi connectivity index (χ3n) is 5.12. The van der Waals surface area contributed by atoms with Gasteiger partial charge in [0.2, 0.25) is 0 Å². The number of hydrogen-bond donors (Lipinski definition) is 1. The molecule has 1 aliphatic rings. The van der Waals surface area contributed by atoms with Gasteiger partial charge in [0.25, 0.3) is 5.91 Å². The fourth-order valence-electron chi connectivity index (χ4n) is 3.52. The lowest BCUT2D eigenvalue weighted by molar-refractivity contribution is 0.0656. The second-order valence-corrected chi connectivity index (χ2v) is 7.16. The first-order valence-electron chi connectivity index (χ1n) is 9.73. The number of carbonyl (C=O) groups excluding carboxylic acids is 1. The van der Waals surface area contributed by atoms with Crippen LogP contribution < -0.4 is 10.1 Å². The van der Waals surface area contributed by atoms with Crippen molar-refractivity contribution in [3.8, 4) is 11.5 Å². The molecule has 150 valence electrons. The maximum atomic E-state index is 12.8. The molecule has 0 unspecified atom stereocenters. The van der Waals surface area contributed by atoms with Crippen LogP contribution >= 0.6 is 0 Å². The van der Waals surface area contributed by atoms with Crippen molar-refractivity contribution in [3.63, 3.8) is 0 Å². The van der Waals surface area contributed by atoms with E-state index in [-0.39, 0.29) is 11.9 Å². The Balaban J connectivity index is 1.46. The maximum Gasteiger partial charge on any atom is 0.259 e. The van der Waals surface area contributed by atoms with E-state index < -0.39 is 0 Å². The number of aromatic nitrogens is 3. The van der Waals surface area contributed by atoms with Gasteiger partial charge >= 0.3 is 0 Å². The highest BCUT2D eigenvalue weighted by Gasteiger charge is 2.22. The Morgan fingerprint density at radius 3 is 2.76 bits per heavy atom. The van der Waals surface area contributed by atoms with Gasteiger partial charge in [0.15, 0.2) is 0 Å². The largest absolute Gasteiger partial charge is 0.455 e. The van der Waals surface area contributed by atoms with Crippen LogP contribution in [-0.4, -0.2) is 33.9 Å². The fourth-order valence-corrected chi connectivity index (χ4v) is 3.52. The van der Waals surface area contributed by atoms with Crippen LogP contribution in [0.15, 0.2) is 48.9 Å². The highest BCUT2D eigenvalue weighted by Crippen LogP contribution is 2.28. The summed E-state index contributed by atoms with van der Waals surface area (Å²) in [6.07, 6.45) is 6.84. The first-order chi connectivity index (χ1) is 14.1. The van der Waals surface area contributed by atoms with Crippen molar-refractivity contribution in [2.45, 2.75) is 32.7 Å². The molecule has 1 N–H and O–H groups in total. The highest BCUT2D eigenvalue weighted by molar-refractivity contribution is 6.05. The molecule has 0 radical (unpaired) electrons. The summed E-state index contributed by atoms with van der Waals surface area (Å²) in [5.41, 5.74) is 3.10. The SMILES string of the molecule is Cc1cc(NC(=O)c2cnn(C3CCOCC3)c2C)ccc1Oc1cccnc1. The lowest BCUT2D eigenvalue weighted by Gasteiger charge is -2.23. The number of hydrogen-bond acceptors (Lipinski definition) is 5. The summed E-state index contributed by atoms with van der Waals surface area (Å²) < 4.78 is 13.2. The lowest BCUT2D eigenvalue weighted by Crippen LogP contribution is -2.22. The molecule has 1 saturated heterocycles. The number of benzene rings is 1. The van der Waals surface area contributed by atoms with E-state index in [4.69, 9.17) is 9.47 Å². The molecule has 29 heavy (non-hydrogen) atoms. The molecule has 0 bridgehead atoms. The van der Waals surface area contributed by atoms with Gasteiger partial charge in [0.05, 0.1) is 24.0 Å². The second kappa shape index (κ2) is 8.45. The smallest absolute Gasteiger partial charge is 0.259 e. The highest BCUT2D eigenvalue weighted by atomic mass is 16.5. The van der Waals surface area contributed by atoms with Gasteiger partial charge < -0.3 is 14.8 Å². The zero-order chi connectivity index (χ0) is 20.2. The molecule has 1 amide bonds. The van der Waals surface area contributed by atoms with E-state index in [9.17, 15) is 4.79 Å². The summed E-state index contributed by atoms with van der Waals surface area (Å²) in [7, 11) is 0. The van der Waals surface area contributed by atoms with Crippen LogP contribution in [0, 0.1) is 13.8 Å². The predicted molar refractivity (Wildman–Crippen MR) is 109 cm³/mol. The average Bonchev–Trinajstić information content (AvgIpc) is 3.13. The zero-order valence-corrected chi connectivity index (χ0v) is 16.6. The fraction of sp³-hybridized carbons (Fsp3) is 0.318. The van der Waals surface area contributed by atoms with Gasteiger partial charge in [-0.3, -0.25) is 14.5 Å². The van der Waals surface area contributed by atoms with Gasteiger partial charge in [-0.25, -0.2) is 0 Å². The number of rotatable bonds is 5. The number of ether oxygens (including phenoxy) is 2. The van der Waals surface area contributed by atoms with Gasteiger partial charge in [-0.15, -0.1) is 0 Å². The van der Waals surface area contributed by atoms with Crippen LogP contribution in [0.4, 0.5) is 5.69 Å². The number of amides is 1. The third-order valence-corrected chi connectivity index (χ3v) is 5.12. The molecule has 0 spiro atoms. The van der Waals surface area contributed by atoms with Gasteiger partial charge in [-0.1, -0.05) is 0 Å². The molecule has 1 aliphatic heterocycles. The Morgan fingerprint density at radius 1 is 1.21 bits per heavy atom. The van der Waals surface area contributed by atoms with Crippen LogP contribution in [0.25, 0.3) is 0 Å². The van der Waals surface area contributed by atoms with Gasteiger partial charge in [0.1, 0.15) is 11.5 Å². The summed E-state index contributed by atoms with van der Waals surface area (Å²) in [6.45, 7) is 5.35. The minimum atomic E-state index is -0.166. The molecule has 0 aliphatic carbocycles. The standard InChI is InChI=1S/C22H24N4O3/c1-15-12-17(5-6-21(15)29-19-4-3-9-23-13-19)25-22(27)20-14-24-26(16(20)2)18-7-10-28-11-8-18/h3-6,9,12-14,18H,7-8,10-11H2,1-2H3,(H,25,27). The van der Waals surface area contributed by atoms with E-state index in [1.807, 2.05) is 48.9 Å². The maximum absolute atomic E-state index is 12.8. The first kappa shape index (κ1) is 19.1. The number of anilines is 1. The summed E-state index contributed by atoms with van der Waals surface area (Å²) >= 11 is 0. The van der Waals surface area contributed by atoms with E-state index >= 15 is 0 Å². The average molecular weight is 392 g/mol. The number of nitrogens with one attached hydrogen (secondary N) is 1. The second-order valence-electron chi connectivity index (χ2n) is 7.16. The predicted octanol–water partition coefficient (Wildman–Crippen LogP) is 4.29. The number of aryl methyl sites for hydroxylation is 1. The minimum absolute atomic E-state index is 0.166. The normalized spacial score (nSPS) is 14.6. The number of nitrogens with zero attached hydrogens (tertiary/aromatic N) is 3. The van der Waals surface area contributed by atoms with Crippen LogP contribution in [0.2, 0.25) is 0 Å². The van der Waals surface area contributed by atoms with Crippen LogP contribution in [0.5, 0.6) is 11.5 Å². The Hall–Kier alpha value is -3.19. The molecular formula is C22H24N4O3. The molecule has 7 nitrogen and oxygen atoms in total. The number of pyridine rings is 1. The van der Waals surface area contributed by atoms with Gasteiger partial charge in [-0.05, 0) is 62.6 Å². The Kier molecular flexibility index (Phi) is 5.57. The third kappa shape index (κ3) is 4.30. The molecule has 1 fully saturated rings. The van der Waals surface area contributed by atoms with Crippen LogP contribution in [0.1, 0.15) is 40.5 Å². The molecule has 3 aromatic rings. The zero-order valence-electron chi connectivity index (χ0n) is 16.6. The lowest BCUT2D eigenvalue weighted by atomic mass is 10.1. The van der Waals surface area contributed by atoms with Crippen molar-refractivity contribution < 1.29 is 14.3 Å². The van der Waals surface area contributed by atoms with Crippen molar-refractivity contribution in [2.75, 3.05) is 18.5 Å². The summed E-state index contributed by atoms with van der Waals surface area (Å²) in [4.78, 5) is 16.8. The van der Waals surface area contributed by atoms with Crippen molar-refractivity contribution in [1.82, 2.24) is 14.8 Å². The Labute approximate surface area is 169 Å². The minimum Gasteiger partial charge on any atom is -0.455 e.